The van der Waals surface area contributed by atoms with E-state index in [-0.39, 0.29) is 22.6 Å². The maximum Gasteiger partial charge on any atom is 0.247 e. The summed E-state index contributed by atoms with van der Waals surface area (Å²) in [7, 11) is -3.43. The summed E-state index contributed by atoms with van der Waals surface area (Å²) >= 11 is 0. The third-order valence-electron chi connectivity index (χ3n) is 5.99. The van der Waals surface area contributed by atoms with Crippen molar-refractivity contribution in [2.45, 2.75) is 49.5 Å². The van der Waals surface area contributed by atoms with Gasteiger partial charge in [-0.05, 0) is 36.6 Å². The van der Waals surface area contributed by atoms with Gasteiger partial charge < -0.3 is 5.32 Å². The topological polar surface area (TPSA) is 83.6 Å². The summed E-state index contributed by atoms with van der Waals surface area (Å²) in [6.07, 6.45) is 6.34. The van der Waals surface area contributed by atoms with Crippen molar-refractivity contribution in [2.75, 3.05) is 16.5 Å². The van der Waals surface area contributed by atoms with Gasteiger partial charge in [0.1, 0.15) is 6.04 Å². The number of nitrogens with zero attached hydrogens (tertiary/aromatic N) is 1. The summed E-state index contributed by atoms with van der Waals surface area (Å²) < 4.78 is 24.0. The van der Waals surface area contributed by atoms with Gasteiger partial charge in [-0.1, -0.05) is 49.6 Å². The van der Waals surface area contributed by atoms with Crippen LogP contribution in [0.5, 0.6) is 0 Å². The number of hydrogen-bond donors (Lipinski definition) is 1. The fourth-order valence-corrected chi connectivity index (χ4v) is 5.04. The number of anilines is 2. The van der Waals surface area contributed by atoms with E-state index < -0.39 is 15.9 Å². The van der Waals surface area contributed by atoms with Crippen molar-refractivity contribution >= 4 is 33.0 Å². The van der Waals surface area contributed by atoms with Crippen molar-refractivity contribution in [3.63, 3.8) is 0 Å². The lowest BCUT2D eigenvalue weighted by molar-refractivity contribution is -0.127. The molecule has 1 aliphatic heterocycles. The molecule has 0 bridgehead atoms. The van der Waals surface area contributed by atoms with Crippen LogP contribution in [0.1, 0.15) is 37.7 Å². The Balaban J connectivity index is 1.76. The highest BCUT2D eigenvalue weighted by Crippen LogP contribution is 2.38. The highest BCUT2D eigenvalue weighted by molar-refractivity contribution is 7.90. The van der Waals surface area contributed by atoms with Gasteiger partial charge in [-0.2, -0.15) is 0 Å². The number of amides is 2. The molecule has 0 radical (unpaired) electrons. The van der Waals surface area contributed by atoms with Crippen molar-refractivity contribution in [3.8, 4) is 0 Å². The van der Waals surface area contributed by atoms with Crippen LogP contribution in [0.4, 0.5) is 11.4 Å². The molecule has 2 aromatic carbocycles. The maximum absolute atomic E-state index is 13.6. The van der Waals surface area contributed by atoms with Crippen LogP contribution in [-0.4, -0.2) is 32.5 Å². The second-order valence-electron chi connectivity index (χ2n) is 8.19. The highest BCUT2D eigenvalue weighted by Gasteiger charge is 2.40. The Morgan fingerprint density at radius 1 is 1.07 bits per heavy atom. The van der Waals surface area contributed by atoms with Crippen molar-refractivity contribution in [2.24, 2.45) is 5.92 Å². The smallest absolute Gasteiger partial charge is 0.247 e. The molecule has 0 unspecified atom stereocenters. The summed E-state index contributed by atoms with van der Waals surface area (Å²) in [6, 6.07) is 13.6. The fourth-order valence-electron chi connectivity index (χ4n) is 4.40. The Labute approximate surface area is 177 Å². The number of carbonyl (C=O) groups is 2. The Morgan fingerprint density at radius 3 is 2.43 bits per heavy atom. The number of benzene rings is 2. The molecule has 1 N–H and O–H groups in total. The van der Waals surface area contributed by atoms with E-state index in [0.717, 1.165) is 43.9 Å². The van der Waals surface area contributed by atoms with Crippen LogP contribution in [0.3, 0.4) is 0 Å². The van der Waals surface area contributed by atoms with Gasteiger partial charge in [0, 0.05) is 18.6 Å². The number of fused-ring (bicyclic) bond motifs is 1. The van der Waals surface area contributed by atoms with Gasteiger partial charge in [-0.3, -0.25) is 14.5 Å². The summed E-state index contributed by atoms with van der Waals surface area (Å²) in [5, 5.41) is 2.83. The molecule has 0 saturated heterocycles. The monoisotopic (exact) mass is 426 g/mol. The molecular weight excluding hydrogens is 400 g/mol. The molecule has 30 heavy (non-hydrogen) atoms. The lowest BCUT2D eigenvalue weighted by Gasteiger charge is -2.39. The number of nitrogens with one attached hydrogen (secondary N) is 1. The number of rotatable bonds is 4. The standard InChI is InChI=1S/C23H26N2O4S/c1-30(28,29)18-12-13-20-19(15-18)24-22(26)21(14-16-8-4-2-5-9-16)25(20)23(27)17-10-6-3-7-11-17/h2,4-5,8-9,12-13,15,17,21H,3,6-7,10-11,14H2,1H3,(H,24,26)/t21-/m0/s1. The van der Waals surface area contributed by atoms with E-state index in [0.29, 0.717) is 17.8 Å². The molecule has 158 valence electrons. The Kier molecular flexibility index (Phi) is 5.64. The van der Waals surface area contributed by atoms with Crippen LogP contribution in [0, 0.1) is 5.92 Å². The van der Waals surface area contributed by atoms with E-state index in [1.54, 1.807) is 11.0 Å². The van der Waals surface area contributed by atoms with Gasteiger partial charge in [0.05, 0.1) is 16.3 Å². The van der Waals surface area contributed by atoms with E-state index in [2.05, 4.69) is 5.32 Å². The molecule has 6 nitrogen and oxygen atoms in total. The second kappa shape index (κ2) is 8.22. The first-order valence-corrected chi connectivity index (χ1v) is 12.3. The van der Waals surface area contributed by atoms with Crippen molar-refractivity contribution in [3.05, 3.63) is 54.1 Å². The molecular formula is C23H26N2O4S. The second-order valence-corrected chi connectivity index (χ2v) is 10.2. The number of hydrogen-bond acceptors (Lipinski definition) is 4. The molecule has 2 aliphatic rings. The van der Waals surface area contributed by atoms with Crippen molar-refractivity contribution < 1.29 is 18.0 Å². The maximum atomic E-state index is 13.6. The minimum atomic E-state index is -3.43. The van der Waals surface area contributed by atoms with Gasteiger partial charge >= 0.3 is 0 Å². The van der Waals surface area contributed by atoms with Crippen LogP contribution in [0.2, 0.25) is 0 Å². The molecule has 1 aliphatic carbocycles. The van der Waals surface area contributed by atoms with Crippen LogP contribution in [0.25, 0.3) is 0 Å². The Bertz CT molecular complexity index is 1060. The Morgan fingerprint density at radius 2 is 1.77 bits per heavy atom. The van der Waals surface area contributed by atoms with Gasteiger partial charge in [-0.25, -0.2) is 8.42 Å². The van der Waals surface area contributed by atoms with Gasteiger partial charge in [0.25, 0.3) is 0 Å². The molecule has 0 aromatic heterocycles. The zero-order valence-corrected chi connectivity index (χ0v) is 17.8. The molecule has 1 heterocycles. The van der Waals surface area contributed by atoms with Crippen molar-refractivity contribution in [1.82, 2.24) is 0 Å². The molecule has 4 rings (SSSR count). The van der Waals surface area contributed by atoms with E-state index in [9.17, 15) is 18.0 Å². The van der Waals surface area contributed by atoms with Crippen LogP contribution < -0.4 is 10.2 Å². The summed E-state index contributed by atoms with van der Waals surface area (Å²) in [5.41, 5.74) is 1.91. The van der Waals surface area contributed by atoms with Gasteiger partial charge in [0.15, 0.2) is 9.84 Å². The highest BCUT2D eigenvalue weighted by atomic mass is 32.2. The number of sulfone groups is 1. The third kappa shape index (κ3) is 4.12. The number of carbonyl (C=O) groups excluding carboxylic acids is 2. The van der Waals surface area contributed by atoms with E-state index in [1.807, 2.05) is 30.3 Å². The summed E-state index contributed by atoms with van der Waals surface area (Å²) in [6.45, 7) is 0. The molecule has 7 heteroatoms. The molecule has 2 aromatic rings. The van der Waals surface area contributed by atoms with E-state index in [4.69, 9.17) is 0 Å². The summed E-state index contributed by atoms with van der Waals surface area (Å²) in [5.74, 6) is -0.439. The lowest BCUT2D eigenvalue weighted by Crippen LogP contribution is -2.54. The van der Waals surface area contributed by atoms with Crippen molar-refractivity contribution in [1.29, 1.82) is 0 Å². The van der Waals surface area contributed by atoms with Crippen LogP contribution in [-0.2, 0) is 25.8 Å². The molecule has 1 saturated carbocycles. The van der Waals surface area contributed by atoms with Gasteiger partial charge in [-0.15, -0.1) is 0 Å². The minimum absolute atomic E-state index is 0.0427. The average molecular weight is 427 g/mol. The first kappa shape index (κ1) is 20.6. The zero-order chi connectivity index (χ0) is 21.3. The predicted octanol–water partition coefficient (Wildman–Crippen LogP) is 3.57. The third-order valence-corrected chi connectivity index (χ3v) is 7.10. The molecule has 2 amide bonds. The molecule has 1 atom stereocenters. The summed E-state index contributed by atoms with van der Waals surface area (Å²) in [4.78, 5) is 28.4. The SMILES string of the molecule is CS(=O)(=O)c1ccc2c(c1)NC(=O)[C@H](Cc1ccccc1)N2C(=O)C1CCCCC1. The quantitative estimate of drug-likeness (QED) is 0.810. The van der Waals surface area contributed by atoms with E-state index in [1.165, 1.54) is 12.1 Å². The fraction of sp³-hybridized carbons (Fsp3) is 0.391. The minimum Gasteiger partial charge on any atom is -0.322 e. The largest absolute Gasteiger partial charge is 0.322 e. The van der Waals surface area contributed by atoms with Crippen LogP contribution in [0.15, 0.2) is 53.4 Å². The first-order valence-electron chi connectivity index (χ1n) is 10.4. The lowest BCUT2D eigenvalue weighted by atomic mass is 9.87. The van der Waals surface area contributed by atoms with Gasteiger partial charge in [0.2, 0.25) is 11.8 Å². The first-order chi connectivity index (χ1) is 14.3. The molecule has 0 spiro atoms. The normalized spacial score (nSPS) is 19.8. The van der Waals surface area contributed by atoms with E-state index >= 15 is 0 Å². The molecule has 1 fully saturated rings. The Hall–Kier alpha value is -2.67. The zero-order valence-electron chi connectivity index (χ0n) is 17.0. The average Bonchev–Trinajstić information content (AvgIpc) is 2.74. The predicted molar refractivity (Wildman–Crippen MR) is 116 cm³/mol. The van der Waals surface area contributed by atoms with Crippen LogP contribution >= 0.6 is 0 Å².